The van der Waals surface area contributed by atoms with E-state index in [0.29, 0.717) is 4.31 Å². The molecule has 19 heavy (non-hydrogen) atoms. The van der Waals surface area contributed by atoms with Crippen LogP contribution in [0.1, 0.15) is 5.56 Å². The van der Waals surface area contributed by atoms with Crippen LogP contribution in [0.5, 0.6) is 0 Å². The van der Waals surface area contributed by atoms with Gasteiger partial charge < -0.3 is 9.84 Å². The lowest BCUT2D eigenvalue weighted by molar-refractivity contribution is -0.151. The van der Waals surface area contributed by atoms with Gasteiger partial charge in [0.2, 0.25) is 10.0 Å². The largest absolute Gasteiger partial charge is 0.468 e. The Bertz CT molecular complexity index is 632. The molecule has 0 aromatic heterocycles. The van der Waals surface area contributed by atoms with Crippen LogP contribution in [0, 0.1) is 0 Å². The highest BCUT2D eigenvalue weighted by molar-refractivity contribution is 7.89. The lowest BCUT2D eigenvalue weighted by atomic mass is 9.99. The first-order valence-corrected chi connectivity index (χ1v) is 7.18. The molecule has 1 aliphatic heterocycles. The number of nitrogens with zero attached hydrogens (tertiary/aromatic N) is 1. The number of halogens is 1. The van der Waals surface area contributed by atoms with Gasteiger partial charge in [-0.2, -0.15) is 4.31 Å². The third-order valence-corrected chi connectivity index (χ3v) is 5.56. The zero-order valence-corrected chi connectivity index (χ0v) is 11.8. The second-order valence-electron chi connectivity index (χ2n) is 4.08. The summed E-state index contributed by atoms with van der Waals surface area (Å²) in [5.41, 5.74) is -2.10. The number of carbonyl (C=O) groups is 1. The van der Waals surface area contributed by atoms with Gasteiger partial charge in [-0.15, -0.1) is 11.6 Å². The molecule has 0 aliphatic carbocycles. The summed E-state index contributed by atoms with van der Waals surface area (Å²) >= 11 is 5.90. The van der Waals surface area contributed by atoms with Crippen molar-refractivity contribution in [3.63, 3.8) is 0 Å². The number of aliphatic hydroxyl groups is 1. The van der Waals surface area contributed by atoms with Crippen LogP contribution in [0.25, 0.3) is 0 Å². The van der Waals surface area contributed by atoms with Gasteiger partial charge in [-0.05, 0) is 6.07 Å². The average Bonchev–Trinajstić information content (AvgIpc) is 2.57. The highest BCUT2D eigenvalue weighted by Gasteiger charge is 2.57. The number of ether oxygens (including phenoxy) is 1. The van der Waals surface area contributed by atoms with Gasteiger partial charge >= 0.3 is 5.97 Å². The van der Waals surface area contributed by atoms with Gasteiger partial charge in [-0.25, -0.2) is 8.42 Å². The van der Waals surface area contributed by atoms with Crippen molar-refractivity contribution in [3.05, 3.63) is 29.8 Å². The molecule has 6 nitrogen and oxygen atoms in total. The van der Waals surface area contributed by atoms with Crippen LogP contribution in [0.4, 0.5) is 0 Å². The number of hydrogen-bond acceptors (Lipinski definition) is 5. The van der Waals surface area contributed by atoms with Gasteiger partial charge in [0, 0.05) is 12.6 Å². The highest BCUT2D eigenvalue weighted by atomic mass is 35.5. The number of benzene rings is 1. The summed E-state index contributed by atoms with van der Waals surface area (Å²) in [7, 11) is -1.62. The molecule has 1 aliphatic rings. The Labute approximate surface area is 115 Å². The summed E-state index contributed by atoms with van der Waals surface area (Å²) in [6, 6.07) is 5.84. The minimum atomic E-state index is -3.89. The summed E-state index contributed by atoms with van der Waals surface area (Å²) in [5.74, 6) is -0.914. The fourth-order valence-electron chi connectivity index (χ4n) is 2.06. The van der Waals surface area contributed by atoms with Gasteiger partial charge in [0.05, 0.1) is 12.0 Å². The fourth-order valence-corrected chi connectivity index (χ4v) is 4.08. The molecule has 1 aromatic rings. The number of alkyl halides is 1. The lowest BCUT2D eigenvalue weighted by Crippen LogP contribution is -2.51. The smallest absolute Gasteiger partial charge is 0.328 e. The van der Waals surface area contributed by atoms with E-state index in [1.807, 2.05) is 0 Å². The molecule has 0 saturated heterocycles. The number of hydrogen-bond donors (Lipinski definition) is 1. The second-order valence-corrected chi connectivity index (χ2v) is 6.45. The number of rotatable bonds is 2. The molecule has 0 amide bonds. The van der Waals surface area contributed by atoms with Crippen LogP contribution in [0.3, 0.4) is 0 Å². The Kier molecular flexibility index (Phi) is 3.34. The van der Waals surface area contributed by atoms with Crippen molar-refractivity contribution < 1.29 is 23.1 Å². The predicted octanol–water partition coefficient (Wildman–Crippen LogP) is 0.246. The number of sulfonamides is 1. The topological polar surface area (TPSA) is 83.9 Å². The van der Waals surface area contributed by atoms with Gasteiger partial charge in [-0.1, -0.05) is 18.2 Å². The molecule has 104 valence electrons. The second kappa shape index (κ2) is 4.45. The molecule has 0 fully saturated rings. The quantitative estimate of drug-likeness (QED) is 0.625. The van der Waals surface area contributed by atoms with Crippen molar-refractivity contribution in [2.45, 2.75) is 16.0 Å². The van der Waals surface area contributed by atoms with Crippen LogP contribution in [0.2, 0.25) is 0 Å². The van der Waals surface area contributed by atoms with Gasteiger partial charge in [0.25, 0.3) is 0 Å². The normalized spacial score (nSPS) is 26.7. The minimum Gasteiger partial charge on any atom is -0.468 e. The first-order valence-electron chi connectivity index (χ1n) is 5.30. The van der Waals surface area contributed by atoms with Gasteiger partial charge in [-0.3, -0.25) is 4.79 Å². The summed E-state index contributed by atoms with van der Waals surface area (Å²) in [6.45, 7) is 0. The van der Waals surface area contributed by atoms with Crippen molar-refractivity contribution in [2.75, 3.05) is 14.2 Å². The van der Waals surface area contributed by atoms with E-state index >= 15 is 0 Å². The fraction of sp³-hybridized carbons (Fsp3) is 0.364. The van der Waals surface area contributed by atoms with Crippen molar-refractivity contribution in [1.82, 2.24) is 4.31 Å². The molecule has 1 heterocycles. The molecular weight excluding hydrogens is 294 g/mol. The molecule has 2 atom stereocenters. The van der Waals surface area contributed by atoms with Crippen molar-refractivity contribution in [1.29, 1.82) is 0 Å². The molecular formula is C11H12ClNO5S. The van der Waals surface area contributed by atoms with Crippen LogP contribution in [0.15, 0.2) is 29.2 Å². The molecule has 2 unspecified atom stereocenters. The number of esters is 1. The maximum atomic E-state index is 12.2. The zero-order chi connectivity index (χ0) is 14.4. The molecule has 2 rings (SSSR count). The Morgan fingerprint density at radius 1 is 1.47 bits per heavy atom. The standard InChI is InChI=1S/C11H12ClNO5S/c1-13-11(15,9(12)10(14)18-2)7-5-3-4-6-8(7)19(13,16)17/h3-6,9,15H,1-2H3. The van der Waals surface area contributed by atoms with Crippen molar-refractivity contribution >= 4 is 27.6 Å². The van der Waals surface area contributed by atoms with Crippen LogP contribution >= 0.6 is 11.6 Å². The Morgan fingerprint density at radius 2 is 2.05 bits per heavy atom. The molecule has 1 N–H and O–H groups in total. The Morgan fingerprint density at radius 3 is 2.63 bits per heavy atom. The molecule has 8 heteroatoms. The van der Waals surface area contributed by atoms with Crippen molar-refractivity contribution in [2.24, 2.45) is 0 Å². The van der Waals surface area contributed by atoms with E-state index in [4.69, 9.17) is 11.6 Å². The summed E-state index contributed by atoms with van der Waals surface area (Å²) in [6.07, 6.45) is 0. The average molecular weight is 306 g/mol. The van der Waals surface area contributed by atoms with Crippen LogP contribution in [-0.4, -0.2) is 43.3 Å². The van der Waals surface area contributed by atoms with E-state index in [0.717, 1.165) is 14.2 Å². The molecule has 1 aromatic carbocycles. The molecule has 0 saturated carbocycles. The van der Waals surface area contributed by atoms with Gasteiger partial charge in [0.1, 0.15) is 0 Å². The highest BCUT2D eigenvalue weighted by Crippen LogP contribution is 2.45. The van der Waals surface area contributed by atoms with E-state index in [1.165, 1.54) is 18.2 Å². The summed E-state index contributed by atoms with van der Waals surface area (Å²) < 4.78 is 29.5. The number of carbonyl (C=O) groups excluding carboxylic acids is 1. The molecule has 0 bridgehead atoms. The zero-order valence-electron chi connectivity index (χ0n) is 10.2. The van der Waals surface area contributed by atoms with Crippen molar-refractivity contribution in [3.8, 4) is 0 Å². The molecule has 0 spiro atoms. The summed E-state index contributed by atoms with van der Waals surface area (Å²) in [5, 5.41) is 9.06. The number of methoxy groups -OCH3 is 1. The summed E-state index contributed by atoms with van der Waals surface area (Å²) in [4.78, 5) is 11.5. The van der Waals surface area contributed by atoms with E-state index < -0.39 is 27.1 Å². The van der Waals surface area contributed by atoms with E-state index in [9.17, 15) is 18.3 Å². The number of fused-ring (bicyclic) bond motifs is 1. The maximum Gasteiger partial charge on any atom is 0.328 e. The predicted molar refractivity (Wildman–Crippen MR) is 66.9 cm³/mol. The lowest BCUT2D eigenvalue weighted by Gasteiger charge is -2.32. The van der Waals surface area contributed by atoms with Crippen LogP contribution in [-0.2, 0) is 25.3 Å². The monoisotopic (exact) mass is 305 g/mol. The van der Waals surface area contributed by atoms with Crippen LogP contribution < -0.4 is 0 Å². The first kappa shape index (κ1) is 14.3. The molecule has 0 radical (unpaired) electrons. The SMILES string of the molecule is COC(=O)C(Cl)C1(O)c2ccccc2S(=O)(=O)N1C. The minimum absolute atomic E-state index is 0.0582. The van der Waals surface area contributed by atoms with Gasteiger partial charge in [0.15, 0.2) is 11.1 Å². The van der Waals surface area contributed by atoms with E-state index in [1.54, 1.807) is 6.07 Å². The van der Waals surface area contributed by atoms with E-state index in [2.05, 4.69) is 4.74 Å². The first-order chi connectivity index (χ1) is 8.77. The third kappa shape index (κ3) is 1.77. The maximum absolute atomic E-state index is 12.2. The Hall–Kier alpha value is -1.15. The third-order valence-electron chi connectivity index (χ3n) is 3.16. The Balaban J connectivity index is 2.69. The van der Waals surface area contributed by atoms with E-state index in [-0.39, 0.29) is 10.5 Å².